The Morgan fingerprint density at radius 1 is 1.44 bits per heavy atom. The zero-order valence-corrected chi connectivity index (χ0v) is 9.14. The summed E-state index contributed by atoms with van der Waals surface area (Å²) in [6.07, 6.45) is 0.353. The van der Waals surface area contributed by atoms with Crippen molar-refractivity contribution in [3.63, 3.8) is 0 Å². The van der Waals surface area contributed by atoms with Crippen molar-refractivity contribution in [3.8, 4) is 0 Å². The van der Waals surface area contributed by atoms with Crippen LogP contribution < -0.4 is 10.6 Å². The lowest BCUT2D eigenvalue weighted by Crippen LogP contribution is -2.29. The van der Waals surface area contributed by atoms with Crippen LogP contribution in [-0.4, -0.2) is 24.3 Å². The molecule has 0 radical (unpaired) electrons. The number of nitrogens with two attached hydrogens (primary N) is 1. The van der Waals surface area contributed by atoms with Crippen molar-refractivity contribution in [1.29, 1.82) is 0 Å². The molecule has 1 aliphatic rings. The van der Waals surface area contributed by atoms with E-state index in [0.717, 1.165) is 0 Å². The molecule has 4 heteroatoms. The summed E-state index contributed by atoms with van der Waals surface area (Å²) in [7, 11) is 0. The predicted octanol–water partition coefficient (Wildman–Crippen LogP) is 0.953. The van der Waals surface area contributed by atoms with Gasteiger partial charge in [0.2, 0.25) is 5.91 Å². The highest BCUT2D eigenvalue weighted by molar-refractivity contribution is 6.05. The Bertz CT molecular complexity index is 442. The lowest BCUT2D eigenvalue weighted by molar-refractivity contribution is -0.117. The zero-order valence-electron chi connectivity index (χ0n) is 9.14. The van der Waals surface area contributed by atoms with Gasteiger partial charge in [-0.2, -0.15) is 0 Å². The van der Waals surface area contributed by atoms with Crippen LogP contribution in [0.25, 0.3) is 0 Å². The third-order valence-electron chi connectivity index (χ3n) is 2.73. The fourth-order valence-corrected chi connectivity index (χ4v) is 1.97. The number of nitrogens with zero attached hydrogens (tertiary/aromatic N) is 1. The highest BCUT2D eigenvalue weighted by Crippen LogP contribution is 2.25. The summed E-state index contributed by atoms with van der Waals surface area (Å²) in [5.41, 5.74) is 6.98. The molecule has 0 bridgehead atoms. The smallest absolute Gasteiger partial charge is 0.228 e. The van der Waals surface area contributed by atoms with Crippen LogP contribution in [0.1, 0.15) is 23.7 Å². The van der Waals surface area contributed by atoms with Crippen molar-refractivity contribution in [2.24, 2.45) is 5.73 Å². The van der Waals surface area contributed by atoms with E-state index in [9.17, 15) is 9.59 Å². The SMILES string of the molecule is CC(=O)c1ccccc1N1CC(N)CC1=O. The van der Waals surface area contributed by atoms with Gasteiger partial charge in [-0.3, -0.25) is 9.59 Å². The topological polar surface area (TPSA) is 63.4 Å². The maximum atomic E-state index is 11.7. The zero-order chi connectivity index (χ0) is 11.7. The number of hydrogen-bond donors (Lipinski definition) is 1. The fraction of sp³-hybridized carbons (Fsp3) is 0.333. The largest absolute Gasteiger partial charge is 0.326 e. The second-order valence-corrected chi connectivity index (χ2v) is 4.04. The van der Waals surface area contributed by atoms with E-state index in [1.807, 2.05) is 6.07 Å². The molecule has 84 valence electrons. The van der Waals surface area contributed by atoms with Gasteiger partial charge in [0.1, 0.15) is 0 Å². The average Bonchev–Trinajstić information content (AvgIpc) is 2.57. The first kappa shape index (κ1) is 10.8. The second-order valence-electron chi connectivity index (χ2n) is 4.04. The van der Waals surface area contributed by atoms with Crippen molar-refractivity contribution in [3.05, 3.63) is 29.8 Å². The Kier molecular flexibility index (Phi) is 2.75. The number of Topliss-reactive ketones (excluding diaryl/α,β-unsaturated/α-hetero) is 1. The molecular formula is C12H14N2O2. The molecule has 1 fully saturated rings. The Labute approximate surface area is 94.0 Å². The molecule has 2 N–H and O–H groups in total. The molecule has 1 amide bonds. The average molecular weight is 218 g/mol. The lowest BCUT2D eigenvalue weighted by Gasteiger charge is -2.18. The maximum Gasteiger partial charge on any atom is 0.228 e. The number of anilines is 1. The van der Waals surface area contributed by atoms with Crippen LogP contribution >= 0.6 is 0 Å². The summed E-state index contributed by atoms with van der Waals surface area (Å²) < 4.78 is 0. The number of carbonyl (C=O) groups is 2. The van der Waals surface area contributed by atoms with Crippen molar-refractivity contribution in [2.45, 2.75) is 19.4 Å². The highest BCUT2D eigenvalue weighted by atomic mass is 16.2. The van der Waals surface area contributed by atoms with Crippen LogP contribution in [0, 0.1) is 0 Å². The Morgan fingerprint density at radius 2 is 2.12 bits per heavy atom. The molecule has 1 aliphatic heterocycles. The molecule has 0 saturated carbocycles. The molecule has 1 aromatic rings. The van der Waals surface area contributed by atoms with Crippen molar-refractivity contribution in [2.75, 3.05) is 11.4 Å². The predicted molar refractivity (Wildman–Crippen MR) is 61.4 cm³/mol. The first-order chi connectivity index (χ1) is 7.59. The molecule has 1 saturated heterocycles. The standard InChI is InChI=1S/C12H14N2O2/c1-8(15)10-4-2-3-5-11(10)14-7-9(13)6-12(14)16/h2-5,9H,6-7,13H2,1H3. The minimum absolute atomic E-state index is 0.0128. The Balaban J connectivity index is 2.40. The third kappa shape index (κ3) is 1.84. The quantitative estimate of drug-likeness (QED) is 0.752. The molecular weight excluding hydrogens is 204 g/mol. The van der Waals surface area contributed by atoms with Crippen molar-refractivity contribution in [1.82, 2.24) is 0 Å². The summed E-state index contributed by atoms with van der Waals surface area (Å²) in [4.78, 5) is 24.7. The summed E-state index contributed by atoms with van der Waals surface area (Å²) in [5.74, 6) is -0.0509. The fourth-order valence-electron chi connectivity index (χ4n) is 1.97. The minimum atomic E-state index is -0.132. The van der Waals surface area contributed by atoms with Crippen LogP contribution in [-0.2, 0) is 4.79 Å². The lowest BCUT2D eigenvalue weighted by atomic mass is 10.1. The summed E-state index contributed by atoms with van der Waals surface area (Å²) in [5, 5.41) is 0. The number of hydrogen-bond acceptors (Lipinski definition) is 3. The maximum absolute atomic E-state index is 11.7. The summed E-state index contributed by atoms with van der Waals surface area (Å²) in [6, 6.07) is 6.99. The number of benzene rings is 1. The molecule has 1 atom stereocenters. The highest BCUT2D eigenvalue weighted by Gasteiger charge is 2.29. The first-order valence-corrected chi connectivity index (χ1v) is 5.25. The van der Waals surface area contributed by atoms with E-state index in [4.69, 9.17) is 5.73 Å². The molecule has 0 spiro atoms. The van der Waals surface area contributed by atoms with Crippen molar-refractivity contribution < 1.29 is 9.59 Å². The van der Waals surface area contributed by atoms with E-state index in [0.29, 0.717) is 24.2 Å². The first-order valence-electron chi connectivity index (χ1n) is 5.25. The molecule has 0 aliphatic carbocycles. The Morgan fingerprint density at radius 3 is 2.69 bits per heavy atom. The van der Waals surface area contributed by atoms with Gasteiger partial charge in [-0.1, -0.05) is 12.1 Å². The molecule has 1 aromatic carbocycles. The number of para-hydroxylation sites is 1. The van der Waals surface area contributed by atoms with Gasteiger partial charge < -0.3 is 10.6 Å². The van der Waals surface area contributed by atoms with Gasteiger partial charge in [0.25, 0.3) is 0 Å². The van der Waals surface area contributed by atoms with Gasteiger partial charge >= 0.3 is 0 Å². The summed E-state index contributed by atoms with van der Waals surface area (Å²) >= 11 is 0. The van der Waals surface area contributed by atoms with Gasteiger partial charge in [-0.05, 0) is 19.1 Å². The monoisotopic (exact) mass is 218 g/mol. The van der Waals surface area contributed by atoms with E-state index in [-0.39, 0.29) is 17.7 Å². The van der Waals surface area contributed by atoms with E-state index in [1.165, 1.54) is 6.92 Å². The Hall–Kier alpha value is -1.68. The number of amides is 1. The molecule has 4 nitrogen and oxygen atoms in total. The molecule has 1 heterocycles. The van der Waals surface area contributed by atoms with Gasteiger partial charge in [0, 0.05) is 24.6 Å². The minimum Gasteiger partial charge on any atom is -0.326 e. The number of ketones is 1. The van der Waals surface area contributed by atoms with Crippen LogP contribution in [0.2, 0.25) is 0 Å². The molecule has 1 unspecified atom stereocenters. The number of rotatable bonds is 2. The van der Waals surface area contributed by atoms with E-state index in [2.05, 4.69) is 0 Å². The second kappa shape index (κ2) is 4.06. The van der Waals surface area contributed by atoms with Crippen molar-refractivity contribution >= 4 is 17.4 Å². The van der Waals surface area contributed by atoms with Crippen LogP contribution in [0.5, 0.6) is 0 Å². The number of carbonyl (C=O) groups excluding carboxylic acids is 2. The van der Waals surface area contributed by atoms with Crippen LogP contribution in [0.3, 0.4) is 0 Å². The van der Waals surface area contributed by atoms with Gasteiger partial charge in [-0.25, -0.2) is 0 Å². The van der Waals surface area contributed by atoms with E-state index < -0.39 is 0 Å². The molecule has 2 rings (SSSR count). The third-order valence-corrected chi connectivity index (χ3v) is 2.73. The van der Waals surface area contributed by atoms with Crippen LogP contribution in [0.15, 0.2) is 24.3 Å². The van der Waals surface area contributed by atoms with E-state index in [1.54, 1.807) is 23.1 Å². The van der Waals surface area contributed by atoms with Gasteiger partial charge in [0.05, 0.1) is 5.69 Å². The van der Waals surface area contributed by atoms with E-state index >= 15 is 0 Å². The van der Waals surface area contributed by atoms with Gasteiger partial charge in [-0.15, -0.1) is 0 Å². The summed E-state index contributed by atoms with van der Waals surface area (Å²) in [6.45, 7) is 1.99. The van der Waals surface area contributed by atoms with Crippen LogP contribution in [0.4, 0.5) is 5.69 Å². The normalized spacial score (nSPS) is 20.2. The van der Waals surface area contributed by atoms with Gasteiger partial charge in [0.15, 0.2) is 5.78 Å². The molecule has 0 aromatic heterocycles. The molecule has 16 heavy (non-hydrogen) atoms.